The van der Waals surface area contributed by atoms with E-state index in [-0.39, 0.29) is 0 Å². The van der Waals surface area contributed by atoms with Crippen LogP contribution in [0.3, 0.4) is 0 Å². The minimum atomic E-state index is 0.602. The summed E-state index contributed by atoms with van der Waals surface area (Å²) in [6, 6.07) is 56.2. The molecular formula is C43H27N3O. The number of nitrogens with zero attached hydrogens (tertiary/aromatic N) is 3. The Morgan fingerprint density at radius 1 is 0.340 bits per heavy atom. The van der Waals surface area contributed by atoms with Gasteiger partial charge in [0.05, 0.1) is 0 Å². The van der Waals surface area contributed by atoms with Gasteiger partial charge < -0.3 is 4.42 Å². The maximum absolute atomic E-state index is 6.66. The Labute approximate surface area is 271 Å². The molecule has 2 heterocycles. The van der Waals surface area contributed by atoms with Gasteiger partial charge in [-0.25, -0.2) is 15.0 Å². The molecule has 9 aromatic rings. The fourth-order valence-electron chi connectivity index (χ4n) is 6.49. The monoisotopic (exact) mass is 601 g/mol. The summed E-state index contributed by atoms with van der Waals surface area (Å²) in [4.78, 5) is 15.1. The fraction of sp³-hybridized carbons (Fsp3) is 0. The van der Waals surface area contributed by atoms with Crippen LogP contribution in [0.4, 0.5) is 0 Å². The van der Waals surface area contributed by atoms with E-state index in [0.717, 1.165) is 55.3 Å². The molecule has 0 fully saturated rings. The first-order valence-electron chi connectivity index (χ1n) is 15.7. The lowest BCUT2D eigenvalue weighted by molar-refractivity contribution is 0.670. The number of hydrogen-bond acceptors (Lipinski definition) is 4. The van der Waals surface area contributed by atoms with Crippen LogP contribution in [0.2, 0.25) is 0 Å². The largest absolute Gasteiger partial charge is 0.455 e. The summed E-state index contributed by atoms with van der Waals surface area (Å²) < 4.78 is 6.66. The maximum Gasteiger partial charge on any atom is 0.164 e. The second-order valence-corrected chi connectivity index (χ2v) is 11.6. The molecule has 0 radical (unpaired) electrons. The van der Waals surface area contributed by atoms with Crippen LogP contribution in [0, 0.1) is 0 Å². The third-order valence-electron chi connectivity index (χ3n) is 8.76. The molecule has 0 aliphatic rings. The lowest BCUT2D eigenvalue weighted by Crippen LogP contribution is -2.00. The number of furan rings is 1. The maximum atomic E-state index is 6.66. The van der Waals surface area contributed by atoms with Gasteiger partial charge in [-0.1, -0.05) is 158 Å². The molecule has 7 aromatic carbocycles. The van der Waals surface area contributed by atoms with Gasteiger partial charge in [0.1, 0.15) is 11.2 Å². The van der Waals surface area contributed by atoms with Crippen molar-refractivity contribution in [3.63, 3.8) is 0 Å². The number of benzene rings is 7. The van der Waals surface area contributed by atoms with E-state index in [9.17, 15) is 0 Å². The van der Waals surface area contributed by atoms with Crippen LogP contribution < -0.4 is 0 Å². The number of para-hydroxylation sites is 1. The van der Waals surface area contributed by atoms with E-state index < -0.39 is 0 Å². The zero-order chi connectivity index (χ0) is 31.2. The van der Waals surface area contributed by atoms with Gasteiger partial charge in [-0.15, -0.1) is 0 Å². The van der Waals surface area contributed by atoms with E-state index in [1.807, 2.05) is 48.5 Å². The number of aromatic nitrogens is 3. The zero-order valence-corrected chi connectivity index (χ0v) is 25.3. The van der Waals surface area contributed by atoms with Gasteiger partial charge in [-0.05, 0) is 33.5 Å². The Morgan fingerprint density at radius 2 is 0.851 bits per heavy atom. The molecule has 0 N–H and O–H groups in total. The molecule has 0 spiro atoms. The van der Waals surface area contributed by atoms with Crippen molar-refractivity contribution >= 4 is 32.7 Å². The van der Waals surface area contributed by atoms with Gasteiger partial charge in [-0.3, -0.25) is 0 Å². The van der Waals surface area contributed by atoms with Crippen molar-refractivity contribution in [1.29, 1.82) is 0 Å². The van der Waals surface area contributed by atoms with E-state index in [1.165, 1.54) is 16.3 Å². The van der Waals surface area contributed by atoms with Crippen LogP contribution in [-0.4, -0.2) is 15.0 Å². The van der Waals surface area contributed by atoms with Gasteiger partial charge in [0.25, 0.3) is 0 Å². The molecule has 220 valence electrons. The molecule has 0 saturated heterocycles. The van der Waals surface area contributed by atoms with Gasteiger partial charge in [0.15, 0.2) is 17.5 Å². The summed E-state index contributed by atoms with van der Waals surface area (Å²) in [5, 5.41) is 4.40. The van der Waals surface area contributed by atoms with E-state index in [0.29, 0.717) is 17.5 Å². The number of fused-ring (bicyclic) bond motifs is 4. The van der Waals surface area contributed by atoms with Gasteiger partial charge in [0, 0.05) is 33.0 Å². The van der Waals surface area contributed by atoms with E-state index in [1.54, 1.807) is 0 Å². The summed E-state index contributed by atoms with van der Waals surface area (Å²) in [6.07, 6.45) is 0. The predicted molar refractivity (Wildman–Crippen MR) is 192 cm³/mol. The van der Waals surface area contributed by atoms with Crippen LogP contribution in [-0.2, 0) is 0 Å². The van der Waals surface area contributed by atoms with E-state index >= 15 is 0 Å². The Kier molecular flexibility index (Phi) is 6.43. The number of rotatable bonds is 5. The van der Waals surface area contributed by atoms with Crippen LogP contribution in [0.15, 0.2) is 168 Å². The minimum absolute atomic E-state index is 0.602. The smallest absolute Gasteiger partial charge is 0.164 e. The summed E-state index contributed by atoms with van der Waals surface area (Å²) in [7, 11) is 0. The summed E-state index contributed by atoms with van der Waals surface area (Å²) >= 11 is 0. The average Bonchev–Trinajstić information content (AvgIpc) is 3.55. The Bertz CT molecular complexity index is 2550. The molecule has 47 heavy (non-hydrogen) atoms. The lowest BCUT2D eigenvalue weighted by atomic mass is 9.96. The molecular weight excluding hydrogens is 574 g/mol. The molecule has 0 saturated carbocycles. The molecule has 4 heteroatoms. The molecule has 2 aromatic heterocycles. The fourth-order valence-corrected chi connectivity index (χ4v) is 6.49. The molecule has 0 atom stereocenters. The third kappa shape index (κ3) is 4.75. The van der Waals surface area contributed by atoms with E-state index in [4.69, 9.17) is 19.4 Å². The van der Waals surface area contributed by atoms with Crippen molar-refractivity contribution in [3.05, 3.63) is 164 Å². The minimum Gasteiger partial charge on any atom is -0.455 e. The van der Waals surface area contributed by atoms with Crippen molar-refractivity contribution in [2.75, 3.05) is 0 Å². The van der Waals surface area contributed by atoms with Gasteiger partial charge in [0.2, 0.25) is 0 Å². The summed E-state index contributed by atoms with van der Waals surface area (Å²) in [5.41, 5.74) is 8.90. The molecule has 0 bridgehead atoms. The summed E-state index contributed by atoms with van der Waals surface area (Å²) in [6.45, 7) is 0. The molecule has 9 rings (SSSR count). The summed E-state index contributed by atoms with van der Waals surface area (Å²) in [5.74, 6) is 1.85. The van der Waals surface area contributed by atoms with Crippen molar-refractivity contribution in [2.24, 2.45) is 0 Å². The van der Waals surface area contributed by atoms with Crippen molar-refractivity contribution in [3.8, 4) is 56.4 Å². The Morgan fingerprint density at radius 3 is 1.64 bits per heavy atom. The van der Waals surface area contributed by atoms with Crippen LogP contribution in [0.25, 0.3) is 89.1 Å². The standard InChI is InChI=1S/C43H27N3O/c1-3-12-28(13-4-1)29-24-26-32(27-25-29)42-44-41(31-15-5-2-6-16-31)45-43(46-42)37-22-11-23-38-39(37)36-21-10-20-35(40(36)47-38)34-19-9-17-30-14-7-8-18-33(30)34/h1-27H. The SMILES string of the molecule is c1ccc(-c2ccc(-c3nc(-c4ccccc4)nc(-c4cccc5oc6c(-c7cccc8ccccc78)cccc6c45)n3)cc2)cc1. The van der Waals surface area contributed by atoms with Gasteiger partial charge >= 0.3 is 0 Å². The molecule has 4 nitrogen and oxygen atoms in total. The van der Waals surface area contributed by atoms with Crippen molar-refractivity contribution < 1.29 is 4.42 Å². The zero-order valence-electron chi connectivity index (χ0n) is 25.3. The molecule has 0 unspecified atom stereocenters. The topological polar surface area (TPSA) is 51.8 Å². The van der Waals surface area contributed by atoms with Crippen molar-refractivity contribution in [2.45, 2.75) is 0 Å². The van der Waals surface area contributed by atoms with Crippen LogP contribution in [0.5, 0.6) is 0 Å². The van der Waals surface area contributed by atoms with E-state index in [2.05, 4.69) is 115 Å². The van der Waals surface area contributed by atoms with Crippen LogP contribution >= 0.6 is 0 Å². The first-order chi connectivity index (χ1) is 23.3. The van der Waals surface area contributed by atoms with Crippen LogP contribution in [0.1, 0.15) is 0 Å². The third-order valence-corrected chi connectivity index (χ3v) is 8.76. The molecule has 0 amide bonds. The normalized spacial score (nSPS) is 11.4. The highest BCUT2D eigenvalue weighted by atomic mass is 16.3. The quantitative estimate of drug-likeness (QED) is 0.197. The average molecular weight is 602 g/mol. The highest BCUT2D eigenvalue weighted by Gasteiger charge is 2.20. The predicted octanol–water partition coefficient (Wildman–Crippen LogP) is 11.3. The molecule has 0 aliphatic heterocycles. The molecule has 0 aliphatic carbocycles. The lowest BCUT2D eigenvalue weighted by Gasteiger charge is -2.10. The Balaban J connectivity index is 1.24. The first-order valence-corrected chi connectivity index (χ1v) is 15.7. The Hall–Kier alpha value is -6.39. The highest BCUT2D eigenvalue weighted by molar-refractivity contribution is 6.16. The number of hydrogen-bond donors (Lipinski definition) is 0. The second kappa shape index (κ2) is 11.2. The van der Waals surface area contributed by atoms with Gasteiger partial charge in [-0.2, -0.15) is 0 Å². The first kappa shape index (κ1) is 27.0. The van der Waals surface area contributed by atoms with Crippen molar-refractivity contribution in [1.82, 2.24) is 15.0 Å². The highest BCUT2D eigenvalue weighted by Crippen LogP contribution is 2.41. The second-order valence-electron chi connectivity index (χ2n) is 11.6.